The summed E-state index contributed by atoms with van der Waals surface area (Å²) in [6.45, 7) is 1.67. The second kappa shape index (κ2) is 5.27. The number of carbonyl (C=O) groups excluding carboxylic acids is 1. The molecule has 0 saturated heterocycles. The van der Waals surface area contributed by atoms with Crippen molar-refractivity contribution in [1.29, 1.82) is 0 Å². The van der Waals surface area contributed by atoms with Gasteiger partial charge in [-0.15, -0.1) is 0 Å². The molecule has 1 amide bonds. The lowest BCUT2D eigenvalue weighted by molar-refractivity contribution is 0.102. The number of H-pyrrole nitrogens is 1. The number of pyridine rings is 1. The molecule has 0 bridgehead atoms. The number of nitrogens with one attached hydrogen (secondary N) is 3. The number of benzene rings is 1. The SMILES string of the molecule is O=C(Nc1cccc2[nH]ccc12)c1cncc2c1CCNC2. The van der Waals surface area contributed by atoms with E-state index in [-0.39, 0.29) is 5.91 Å². The first kappa shape index (κ1) is 13.0. The van der Waals surface area contributed by atoms with Crippen LogP contribution in [0.15, 0.2) is 42.9 Å². The van der Waals surface area contributed by atoms with Crippen molar-refractivity contribution >= 4 is 22.5 Å². The smallest absolute Gasteiger partial charge is 0.257 e. The molecule has 0 fully saturated rings. The molecule has 3 heterocycles. The van der Waals surface area contributed by atoms with Crippen LogP contribution in [0.4, 0.5) is 5.69 Å². The number of fused-ring (bicyclic) bond motifs is 2. The Hall–Kier alpha value is -2.66. The number of amides is 1. The molecule has 0 atom stereocenters. The van der Waals surface area contributed by atoms with E-state index in [1.807, 2.05) is 36.7 Å². The Labute approximate surface area is 127 Å². The lowest BCUT2D eigenvalue weighted by Crippen LogP contribution is -2.27. The Bertz CT molecular complexity index is 853. The van der Waals surface area contributed by atoms with Crippen LogP contribution in [-0.4, -0.2) is 22.4 Å². The number of hydrogen-bond acceptors (Lipinski definition) is 3. The summed E-state index contributed by atoms with van der Waals surface area (Å²) in [6.07, 6.45) is 6.23. The van der Waals surface area contributed by atoms with Gasteiger partial charge in [0.05, 0.1) is 11.3 Å². The molecular weight excluding hydrogens is 276 g/mol. The Morgan fingerprint density at radius 2 is 2.18 bits per heavy atom. The zero-order valence-corrected chi connectivity index (χ0v) is 12.0. The number of rotatable bonds is 2. The molecule has 3 aromatic rings. The molecule has 1 aromatic carbocycles. The predicted molar refractivity (Wildman–Crippen MR) is 85.9 cm³/mol. The molecule has 0 radical (unpaired) electrons. The highest BCUT2D eigenvalue weighted by molar-refractivity contribution is 6.09. The fourth-order valence-electron chi connectivity index (χ4n) is 2.99. The Morgan fingerprint density at radius 1 is 1.23 bits per heavy atom. The van der Waals surface area contributed by atoms with E-state index in [0.717, 1.165) is 47.2 Å². The summed E-state index contributed by atoms with van der Waals surface area (Å²) in [6, 6.07) is 7.80. The van der Waals surface area contributed by atoms with Gasteiger partial charge in [-0.1, -0.05) is 6.07 Å². The molecule has 110 valence electrons. The Balaban J connectivity index is 1.70. The molecule has 22 heavy (non-hydrogen) atoms. The number of nitrogens with zero attached hydrogens (tertiary/aromatic N) is 1. The van der Waals surface area contributed by atoms with Gasteiger partial charge in [0.25, 0.3) is 5.91 Å². The van der Waals surface area contributed by atoms with E-state index < -0.39 is 0 Å². The van der Waals surface area contributed by atoms with Gasteiger partial charge in [0, 0.05) is 36.0 Å². The second-order valence-electron chi connectivity index (χ2n) is 5.45. The third kappa shape index (κ3) is 2.16. The fraction of sp³-hybridized carbons (Fsp3) is 0.176. The highest BCUT2D eigenvalue weighted by atomic mass is 16.1. The second-order valence-corrected chi connectivity index (χ2v) is 5.45. The lowest BCUT2D eigenvalue weighted by atomic mass is 9.98. The normalized spacial score (nSPS) is 13.8. The van der Waals surface area contributed by atoms with E-state index >= 15 is 0 Å². The summed E-state index contributed by atoms with van der Waals surface area (Å²) in [7, 11) is 0. The predicted octanol–water partition coefficient (Wildman–Crippen LogP) is 2.46. The van der Waals surface area contributed by atoms with Crippen molar-refractivity contribution in [3.63, 3.8) is 0 Å². The van der Waals surface area contributed by atoms with Crippen LogP contribution in [-0.2, 0) is 13.0 Å². The van der Waals surface area contributed by atoms with E-state index in [1.165, 1.54) is 0 Å². The minimum absolute atomic E-state index is 0.0973. The molecule has 2 aromatic heterocycles. The number of carbonyl (C=O) groups is 1. The quantitative estimate of drug-likeness (QED) is 0.679. The van der Waals surface area contributed by atoms with Crippen LogP contribution in [0.1, 0.15) is 21.5 Å². The molecule has 1 aliphatic rings. The van der Waals surface area contributed by atoms with Crippen molar-refractivity contribution in [1.82, 2.24) is 15.3 Å². The van der Waals surface area contributed by atoms with E-state index in [4.69, 9.17) is 0 Å². The van der Waals surface area contributed by atoms with Crippen LogP contribution in [0.3, 0.4) is 0 Å². The lowest BCUT2D eigenvalue weighted by Gasteiger charge is -2.19. The third-order valence-electron chi connectivity index (χ3n) is 4.10. The summed E-state index contributed by atoms with van der Waals surface area (Å²) in [4.78, 5) is 20.0. The average molecular weight is 292 g/mol. The van der Waals surface area contributed by atoms with Crippen molar-refractivity contribution in [3.8, 4) is 0 Å². The van der Waals surface area contributed by atoms with Gasteiger partial charge in [0.15, 0.2) is 0 Å². The third-order valence-corrected chi connectivity index (χ3v) is 4.10. The average Bonchev–Trinajstić information content (AvgIpc) is 3.04. The van der Waals surface area contributed by atoms with Crippen molar-refractivity contribution in [2.75, 3.05) is 11.9 Å². The van der Waals surface area contributed by atoms with Crippen LogP contribution >= 0.6 is 0 Å². The summed E-state index contributed by atoms with van der Waals surface area (Å²) in [5.74, 6) is -0.0973. The fourth-order valence-corrected chi connectivity index (χ4v) is 2.99. The maximum absolute atomic E-state index is 12.7. The van der Waals surface area contributed by atoms with Crippen LogP contribution in [0.2, 0.25) is 0 Å². The zero-order valence-electron chi connectivity index (χ0n) is 12.0. The largest absolute Gasteiger partial charge is 0.361 e. The highest BCUT2D eigenvalue weighted by Gasteiger charge is 2.18. The van der Waals surface area contributed by atoms with Crippen molar-refractivity contribution in [2.45, 2.75) is 13.0 Å². The molecule has 5 heteroatoms. The monoisotopic (exact) mass is 292 g/mol. The number of anilines is 1. The van der Waals surface area contributed by atoms with Gasteiger partial charge >= 0.3 is 0 Å². The zero-order chi connectivity index (χ0) is 14.9. The number of aromatic amines is 1. The highest BCUT2D eigenvalue weighted by Crippen LogP contribution is 2.24. The van der Waals surface area contributed by atoms with Crippen molar-refractivity contribution < 1.29 is 4.79 Å². The minimum Gasteiger partial charge on any atom is -0.361 e. The van der Waals surface area contributed by atoms with E-state index in [1.54, 1.807) is 6.20 Å². The van der Waals surface area contributed by atoms with Gasteiger partial charge in [0.1, 0.15) is 0 Å². The van der Waals surface area contributed by atoms with Gasteiger partial charge in [-0.25, -0.2) is 0 Å². The molecule has 3 N–H and O–H groups in total. The topological polar surface area (TPSA) is 69.8 Å². The maximum atomic E-state index is 12.7. The van der Waals surface area contributed by atoms with Crippen molar-refractivity contribution in [3.05, 3.63) is 59.5 Å². The number of hydrogen-bond donors (Lipinski definition) is 3. The van der Waals surface area contributed by atoms with Gasteiger partial charge < -0.3 is 15.6 Å². The van der Waals surface area contributed by atoms with E-state index in [2.05, 4.69) is 20.6 Å². The molecule has 0 unspecified atom stereocenters. The standard InChI is InChI=1S/C17H16N4O/c22-17(14-10-19-9-11-8-18-6-4-12(11)14)21-16-3-1-2-15-13(16)5-7-20-15/h1-3,5,7,9-10,18,20H,4,6,8H2,(H,21,22). The molecular formula is C17H16N4O. The summed E-state index contributed by atoms with van der Waals surface area (Å²) >= 11 is 0. The van der Waals surface area contributed by atoms with Crippen LogP contribution in [0.25, 0.3) is 10.9 Å². The molecule has 1 aliphatic heterocycles. The van der Waals surface area contributed by atoms with Crippen LogP contribution in [0, 0.1) is 0 Å². The minimum atomic E-state index is -0.0973. The first-order valence-corrected chi connectivity index (χ1v) is 7.37. The number of aromatic nitrogens is 2. The Morgan fingerprint density at radius 3 is 3.14 bits per heavy atom. The van der Waals surface area contributed by atoms with Crippen LogP contribution in [0.5, 0.6) is 0 Å². The van der Waals surface area contributed by atoms with Gasteiger partial charge in [-0.05, 0) is 42.3 Å². The van der Waals surface area contributed by atoms with Gasteiger partial charge in [-0.3, -0.25) is 9.78 Å². The van der Waals surface area contributed by atoms with E-state index in [9.17, 15) is 4.79 Å². The first-order valence-electron chi connectivity index (χ1n) is 7.37. The first-order chi connectivity index (χ1) is 10.8. The molecule has 5 nitrogen and oxygen atoms in total. The maximum Gasteiger partial charge on any atom is 0.257 e. The van der Waals surface area contributed by atoms with Crippen molar-refractivity contribution in [2.24, 2.45) is 0 Å². The van der Waals surface area contributed by atoms with Gasteiger partial charge in [0.2, 0.25) is 0 Å². The summed E-state index contributed by atoms with van der Waals surface area (Å²) in [5.41, 5.74) is 4.71. The van der Waals surface area contributed by atoms with E-state index in [0.29, 0.717) is 5.56 Å². The summed E-state index contributed by atoms with van der Waals surface area (Å²) < 4.78 is 0. The van der Waals surface area contributed by atoms with Gasteiger partial charge in [-0.2, -0.15) is 0 Å². The molecule has 4 rings (SSSR count). The van der Waals surface area contributed by atoms with Crippen LogP contribution < -0.4 is 10.6 Å². The molecule has 0 saturated carbocycles. The summed E-state index contributed by atoms with van der Waals surface area (Å²) in [5, 5.41) is 7.33. The molecule has 0 spiro atoms. The molecule has 0 aliphatic carbocycles. The Kier molecular flexibility index (Phi) is 3.12.